The molecule has 0 unspecified atom stereocenters. The number of nitrogens with one attached hydrogen (secondary N) is 2. The highest BCUT2D eigenvalue weighted by Crippen LogP contribution is 2.15. The highest BCUT2D eigenvalue weighted by molar-refractivity contribution is 5.80. The second-order valence-electron chi connectivity index (χ2n) is 6.17. The average Bonchev–Trinajstić information content (AvgIpc) is 2.99. The summed E-state index contributed by atoms with van der Waals surface area (Å²) >= 11 is 0. The molecular formula is C19H22N4O2. The Morgan fingerprint density at radius 2 is 2.04 bits per heavy atom. The molecule has 0 bridgehead atoms. The lowest BCUT2D eigenvalue weighted by Crippen LogP contribution is -2.28. The molecule has 0 spiro atoms. The number of hydrogen-bond acceptors (Lipinski definition) is 3. The second-order valence-corrected chi connectivity index (χ2v) is 6.17. The summed E-state index contributed by atoms with van der Waals surface area (Å²) in [5.74, 6) is 0.413. The van der Waals surface area contributed by atoms with Crippen molar-refractivity contribution in [3.63, 3.8) is 0 Å². The Kier molecular flexibility index (Phi) is 4.97. The van der Waals surface area contributed by atoms with Crippen molar-refractivity contribution in [2.24, 2.45) is 0 Å². The van der Waals surface area contributed by atoms with Crippen molar-refractivity contribution in [3.05, 3.63) is 64.0 Å². The van der Waals surface area contributed by atoms with Gasteiger partial charge in [0.1, 0.15) is 5.82 Å². The van der Waals surface area contributed by atoms with Gasteiger partial charge < -0.3 is 14.9 Å². The third-order valence-electron chi connectivity index (χ3n) is 4.28. The van der Waals surface area contributed by atoms with E-state index >= 15 is 0 Å². The molecule has 6 heteroatoms. The van der Waals surface area contributed by atoms with E-state index in [1.807, 2.05) is 12.1 Å². The van der Waals surface area contributed by atoms with E-state index in [-0.39, 0.29) is 17.9 Å². The van der Waals surface area contributed by atoms with Crippen LogP contribution in [0.25, 0.3) is 10.9 Å². The molecule has 3 aromatic rings. The molecule has 2 aromatic heterocycles. The molecule has 2 heterocycles. The third kappa shape index (κ3) is 3.96. The summed E-state index contributed by atoms with van der Waals surface area (Å²) in [4.78, 5) is 30.7. The maximum absolute atomic E-state index is 12.1. The van der Waals surface area contributed by atoms with Crippen LogP contribution < -0.4 is 10.9 Å². The van der Waals surface area contributed by atoms with Gasteiger partial charge in [-0.3, -0.25) is 9.59 Å². The summed E-state index contributed by atoms with van der Waals surface area (Å²) in [6.45, 7) is 4.83. The third-order valence-corrected chi connectivity index (χ3v) is 4.28. The number of aromatic nitrogens is 3. The predicted molar refractivity (Wildman–Crippen MR) is 97.6 cm³/mol. The van der Waals surface area contributed by atoms with Crippen molar-refractivity contribution < 1.29 is 4.79 Å². The Bertz CT molecular complexity index is 955. The lowest BCUT2D eigenvalue weighted by atomic mass is 10.2. The van der Waals surface area contributed by atoms with Crippen LogP contribution in [0.3, 0.4) is 0 Å². The Morgan fingerprint density at radius 3 is 2.88 bits per heavy atom. The van der Waals surface area contributed by atoms with Crippen LogP contribution in [0.4, 0.5) is 0 Å². The molecular weight excluding hydrogens is 316 g/mol. The molecule has 130 valence electrons. The highest BCUT2D eigenvalue weighted by Gasteiger charge is 2.10. The number of H-pyrrole nitrogens is 1. The molecule has 2 N–H and O–H groups in total. The molecule has 0 radical (unpaired) electrons. The molecule has 0 atom stereocenters. The van der Waals surface area contributed by atoms with Gasteiger partial charge in [0.2, 0.25) is 5.91 Å². The van der Waals surface area contributed by atoms with Gasteiger partial charge in [-0.1, -0.05) is 18.2 Å². The molecule has 0 aliphatic carbocycles. The molecule has 1 aromatic carbocycles. The number of carbonyl (C=O) groups excluding carboxylic acids is 1. The lowest BCUT2D eigenvalue weighted by molar-refractivity contribution is -0.120. The standard InChI is InChI=1S/C19H22N4O2/c1-13-16(21-14(2)22-19(13)25)12-18(24)20-9-5-10-23-11-8-15-6-3-4-7-17(15)23/h3-4,6-8,11H,5,9-10,12H2,1-2H3,(H,20,24)(H,21,22,25). The lowest BCUT2D eigenvalue weighted by Gasteiger charge is -2.08. The first-order valence-electron chi connectivity index (χ1n) is 8.41. The number of aryl methyl sites for hydroxylation is 2. The maximum atomic E-state index is 12.1. The first kappa shape index (κ1) is 17.0. The van der Waals surface area contributed by atoms with Crippen LogP contribution in [0.1, 0.15) is 23.5 Å². The van der Waals surface area contributed by atoms with Gasteiger partial charge in [-0.05, 0) is 37.8 Å². The first-order chi connectivity index (χ1) is 12.0. The van der Waals surface area contributed by atoms with Crippen molar-refractivity contribution in [2.75, 3.05) is 6.54 Å². The minimum atomic E-state index is -0.185. The number of amides is 1. The summed E-state index contributed by atoms with van der Waals surface area (Å²) in [5, 5.41) is 4.12. The monoisotopic (exact) mass is 338 g/mol. The van der Waals surface area contributed by atoms with E-state index in [4.69, 9.17) is 0 Å². The fourth-order valence-corrected chi connectivity index (χ4v) is 2.90. The van der Waals surface area contributed by atoms with Crippen molar-refractivity contribution in [3.8, 4) is 0 Å². The number of nitrogens with zero attached hydrogens (tertiary/aromatic N) is 2. The van der Waals surface area contributed by atoms with Gasteiger partial charge >= 0.3 is 0 Å². The van der Waals surface area contributed by atoms with E-state index in [0.717, 1.165) is 13.0 Å². The van der Waals surface area contributed by atoms with Gasteiger partial charge in [-0.2, -0.15) is 0 Å². The number of hydrogen-bond donors (Lipinski definition) is 2. The normalized spacial score (nSPS) is 11.0. The number of benzene rings is 1. The molecule has 1 amide bonds. The largest absolute Gasteiger partial charge is 0.356 e. The predicted octanol–water partition coefficient (Wildman–Crippen LogP) is 2.09. The summed E-state index contributed by atoms with van der Waals surface area (Å²) < 4.78 is 2.19. The van der Waals surface area contributed by atoms with E-state index in [1.165, 1.54) is 10.9 Å². The van der Waals surface area contributed by atoms with Crippen LogP contribution in [-0.2, 0) is 17.8 Å². The van der Waals surface area contributed by atoms with Gasteiger partial charge in [0, 0.05) is 30.4 Å². The summed E-state index contributed by atoms with van der Waals surface area (Å²) in [6.07, 6.45) is 3.03. The first-order valence-corrected chi connectivity index (χ1v) is 8.41. The molecule has 0 aliphatic heterocycles. The topological polar surface area (TPSA) is 79.8 Å². The van der Waals surface area contributed by atoms with Crippen LogP contribution >= 0.6 is 0 Å². The zero-order chi connectivity index (χ0) is 17.8. The zero-order valence-corrected chi connectivity index (χ0v) is 14.5. The van der Waals surface area contributed by atoms with Crippen LogP contribution in [0.15, 0.2) is 41.3 Å². The van der Waals surface area contributed by atoms with Gasteiger partial charge in [0.05, 0.1) is 12.1 Å². The smallest absolute Gasteiger partial charge is 0.254 e. The van der Waals surface area contributed by atoms with Gasteiger partial charge in [-0.15, -0.1) is 0 Å². The molecule has 0 aliphatic rings. The molecule has 6 nitrogen and oxygen atoms in total. The van der Waals surface area contributed by atoms with Crippen molar-refractivity contribution >= 4 is 16.8 Å². The van der Waals surface area contributed by atoms with Crippen molar-refractivity contribution in [1.82, 2.24) is 19.9 Å². The average molecular weight is 338 g/mol. The van der Waals surface area contributed by atoms with Crippen LogP contribution in [0.2, 0.25) is 0 Å². The molecule has 3 rings (SSSR count). The minimum absolute atomic E-state index is 0.113. The van der Waals surface area contributed by atoms with Crippen molar-refractivity contribution in [1.29, 1.82) is 0 Å². The molecule has 0 saturated heterocycles. The Balaban J connectivity index is 1.51. The maximum Gasteiger partial charge on any atom is 0.254 e. The van der Waals surface area contributed by atoms with Crippen LogP contribution in [0, 0.1) is 13.8 Å². The van der Waals surface area contributed by atoms with Crippen LogP contribution in [-0.4, -0.2) is 27.0 Å². The number of aromatic amines is 1. The van der Waals surface area contributed by atoms with E-state index in [9.17, 15) is 9.59 Å². The minimum Gasteiger partial charge on any atom is -0.356 e. The quantitative estimate of drug-likeness (QED) is 0.676. The van der Waals surface area contributed by atoms with Crippen LogP contribution in [0.5, 0.6) is 0 Å². The Morgan fingerprint density at radius 1 is 1.24 bits per heavy atom. The molecule has 0 fully saturated rings. The molecule has 0 saturated carbocycles. The van der Waals surface area contributed by atoms with Crippen molar-refractivity contribution in [2.45, 2.75) is 33.2 Å². The SMILES string of the molecule is Cc1nc(CC(=O)NCCCn2ccc3ccccc32)c(C)c(=O)[nH]1. The fraction of sp³-hybridized carbons (Fsp3) is 0.316. The number of carbonyl (C=O) groups is 1. The van der Waals surface area contributed by atoms with E-state index in [2.05, 4.69) is 44.2 Å². The van der Waals surface area contributed by atoms with Gasteiger partial charge in [0.15, 0.2) is 0 Å². The number of fused-ring (bicyclic) bond motifs is 1. The van der Waals surface area contributed by atoms with E-state index < -0.39 is 0 Å². The van der Waals surface area contributed by atoms with E-state index in [0.29, 0.717) is 23.6 Å². The number of para-hydroxylation sites is 1. The summed E-state index contributed by atoms with van der Waals surface area (Å²) in [6, 6.07) is 10.3. The van der Waals surface area contributed by atoms with Gasteiger partial charge in [0.25, 0.3) is 5.56 Å². The van der Waals surface area contributed by atoms with Gasteiger partial charge in [-0.25, -0.2) is 4.98 Å². The molecule has 25 heavy (non-hydrogen) atoms. The fourth-order valence-electron chi connectivity index (χ4n) is 2.90. The Labute approximate surface area is 145 Å². The number of rotatable bonds is 6. The second kappa shape index (κ2) is 7.34. The zero-order valence-electron chi connectivity index (χ0n) is 14.5. The Hall–Kier alpha value is -2.89. The highest BCUT2D eigenvalue weighted by atomic mass is 16.1. The van der Waals surface area contributed by atoms with E-state index in [1.54, 1.807) is 13.8 Å². The summed E-state index contributed by atoms with van der Waals surface area (Å²) in [7, 11) is 0. The summed E-state index contributed by atoms with van der Waals surface area (Å²) in [5.41, 5.74) is 2.05.